The Kier molecular flexibility index (Phi) is 6.92. The molecule has 1 aliphatic rings. The number of hydrogen-bond acceptors (Lipinski definition) is 11. The lowest BCUT2D eigenvalue weighted by Crippen LogP contribution is -2.19. The van der Waals surface area contributed by atoms with Crippen LogP contribution in [0.2, 0.25) is 0 Å². The van der Waals surface area contributed by atoms with Gasteiger partial charge in [-0.3, -0.25) is 5.43 Å². The molecular weight excluding hydrogens is 480 g/mol. The van der Waals surface area contributed by atoms with Crippen molar-refractivity contribution in [1.82, 2.24) is 14.6 Å². The lowest BCUT2D eigenvalue weighted by Gasteiger charge is -2.08. The zero-order valence-electron chi connectivity index (χ0n) is 18.9. The number of imidazole rings is 1. The van der Waals surface area contributed by atoms with Gasteiger partial charge in [0.05, 0.1) is 44.2 Å². The van der Waals surface area contributed by atoms with Crippen LogP contribution in [0.3, 0.4) is 0 Å². The maximum Gasteiger partial charge on any atom is 0.196 e. The zero-order chi connectivity index (χ0) is 23.5. The van der Waals surface area contributed by atoms with E-state index in [4.69, 9.17) is 28.1 Å². The fraction of sp³-hybridized carbons (Fsp3) is 0.364. The van der Waals surface area contributed by atoms with Crippen molar-refractivity contribution in [1.29, 1.82) is 0 Å². The van der Waals surface area contributed by atoms with Crippen LogP contribution in [-0.4, -0.2) is 54.7 Å². The highest BCUT2D eigenvalue weighted by Gasteiger charge is 2.25. The van der Waals surface area contributed by atoms with E-state index in [1.165, 1.54) is 11.8 Å². The van der Waals surface area contributed by atoms with Crippen LogP contribution in [0.5, 0.6) is 11.5 Å². The smallest absolute Gasteiger partial charge is 0.196 e. The van der Waals surface area contributed by atoms with Crippen molar-refractivity contribution in [3.8, 4) is 23.0 Å². The summed E-state index contributed by atoms with van der Waals surface area (Å²) in [6.45, 7) is 1.86. The van der Waals surface area contributed by atoms with E-state index in [1.54, 1.807) is 32.7 Å². The summed E-state index contributed by atoms with van der Waals surface area (Å²) < 4.78 is 35.3. The average molecular weight is 505 g/mol. The van der Waals surface area contributed by atoms with Gasteiger partial charge in [0.25, 0.3) is 0 Å². The first-order valence-corrected chi connectivity index (χ1v) is 12.2. The second-order valence-corrected chi connectivity index (χ2v) is 9.28. The van der Waals surface area contributed by atoms with Gasteiger partial charge in [-0.05, 0) is 17.8 Å². The Bertz CT molecular complexity index is 1250. The molecule has 4 heterocycles. The number of benzene rings is 1. The van der Waals surface area contributed by atoms with Crippen LogP contribution in [0.25, 0.3) is 22.4 Å². The summed E-state index contributed by atoms with van der Waals surface area (Å²) in [7, 11) is 4.91. The van der Waals surface area contributed by atoms with Crippen LogP contribution in [0, 0.1) is 0 Å². The van der Waals surface area contributed by atoms with Gasteiger partial charge in [-0.2, -0.15) is 0 Å². The number of hydrogen-bond donors (Lipinski definition) is 1. The third kappa shape index (κ3) is 4.86. The molecule has 0 fully saturated rings. The Morgan fingerprint density at radius 1 is 1.12 bits per heavy atom. The number of nitrogens with one attached hydrogen (secondary N) is 1. The van der Waals surface area contributed by atoms with Crippen molar-refractivity contribution in [2.45, 2.75) is 23.9 Å². The first kappa shape index (κ1) is 23.0. The van der Waals surface area contributed by atoms with Gasteiger partial charge in [-0.1, -0.05) is 0 Å². The maximum atomic E-state index is 6.13. The molecule has 0 saturated carbocycles. The molecule has 34 heavy (non-hydrogen) atoms. The number of rotatable bonds is 11. The number of furan rings is 1. The highest BCUT2D eigenvalue weighted by atomic mass is 32.2. The summed E-state index contributed by atoms with van der Waals surface area (Å²) >= 11 is 3.03. The number of aromatic nitrogens is 3. The molecule has 1 unspecified atom stereocenters. The maximum absolute atomic E-state index is 6.13. The number of methoxy groups -OCH3 is 3. The van der Waals surface area contributed by atoms with Crippen LogP contribution >= 0.6 is 23.1 Å². The molecule has 0 saturated heterocycles. The standard InChI is InChI=1S/C22H24N4O6S2/c1-27-4-5-30-11-20-23-13(12-33-20)10-31-17-6-14(28-2)7-18-15(17)8-19(32-18)16-9-26-21(24-16)34-22(25-26)29-3/h6-9,12,22,25H,4-5,10-11H2,1-3H3. The van der Waals surface area contributed by atoms with E-state index in [0.29, 0.717) is 55.0 Å². The Morgan fingerprint density at radius 3 is 2.82 bits per heavy atom. The van der Waals surface area contributed by atoms with E-state index >= 15 is 0 Å². The molecule has 0 bridgehead atoms. The molecule has 180 valence electrons. The van der Waals surface area contributed by atoms with Gasteiger partial charge in [0.2, 0.25) is 0 Å². The van der Waals surface area contributed by atoms with Crippen molar-refractivity contribution in [3.05, 3.63) is 40.5 Å². The predicted octanol–water partition coefficient (Wildman–Crippen LogP) is 4.08. The summed E-state index contributed by atoms with van der Waals surface area (Å²) in [5.74, 6) is 1.92. The Balaban J connectivity index is 1.33. The topological polar surface area (TPSA) is 102 Å². The van der Waals surface area contributed by atoms with Crippen molar-refractivity contribution in [2.75, 3.05) is 40.0 Å². The molecule has 0 radical (unpaired) electrons. The summed E-state index contributed by atoms with van der Waals surface area (Å²) in [4.78, 5) is 9.23. The van der Waals surface area contributed by atoms with Crippen molar-refractivity contribution in [2.24, 2.45) is 0 Å². The Hall–Kier alpha value is -2.77. The van der Waals surface area contributed by atoms with E-state index in [9.17, 15) is 0 Å². The predicted molar refractivity (Wildman–Crippen MR) is 128 cm³/mol. The van der Waals surface area contributed by atoms with Gasteiger partial charge in [0.1, 0.15) is 34.4 Å². The van der Waals surface area contributed by atoms with Crippen molar-refractivity contribution >= 4 is 34.1 Å². The Labute approximate surface area is 204 Å². The monoisotopic (exact) mass is 504 g/mol. The third-order valence-electron chi connectivity index (χ3n) is 5.04. The SMILES string of the molecule is COCCOCc1nc(COc2cc(OC)cc3oc(-c4cn5c(n4)SC(OC)N5)cc23)cs1. The van der Waals surface area contributed by atoms with Crippen LogP contribution in [0.1, 0.15) is 10.7 Å². The molecule has 0 aliphatic carbocycles. The van der Waals surface area contributed by atoms with E-state index in [0.717, 1.165) is 21.2 Å². The molecule has 0 spiro atoms. The van der Waals surface area contributed by atoms with Gasteiger partial charge in [-0.15, -0.1) is 11.3 Å². The van der Waals surface area contributed by atoms with Crippen LogP contribution in [-0.2, 0) is 27.4 Å². The minimum absolute atomic E-state index is 0.153. The largest absolute Gasteiger partial charge is 0.496 e. The van der Waals surface area contributed by atoms with Crippen LogP contribution < -0.4 is 14.9 Å². The number of ether oxygens (including phenoxy) is 5. The molecule has 1 aromatic carbocycles. The molecule has 3 aromatic heterocycles. The van der Waals surface area contributed by atoms with E-state index in [1.807, 2.05) is 34.5 Å². The minimum atomic E-state index is -0.153. The van der Waals surface area contributed by atoms with Gasteiger partial charge >= 0.3 is 0 Å². The second kappa shape index (κ2) is 10.2. The molecule has 12 heteroatoms. The highest BCUT2D eigenvalue weighted by molar-refractivity contribution is 7.99. The van der Waals surface area contributed by atoms with Gasteiger partial charge in [-0.25, -0.2) is 14.6 Å². The zero-order valence-corrected chi connectivity index (χ0v) is 20.5. The lowest BCUT2D eigenvalue weighted by molar-refractivity contribution is 0.0615. The van der Waals surface area contributed by atoms with Gasteiger partial charge < -0.3 is 28.1 Å². The summed E-state index contributed by atoms with van der Waals surface area (Å²) in [5, 5.41) is 4.50. The molecule has 0 amide bonds. The van der Waals surface area contributed by atoms with Gasteiger partial charge in [0.15, 0.2) is 16.5 Å². The van der Waals surface area contributed by atoms with Crippen LogP contribution in [0.4, 0.5) is 0 Å². The number of thiazole rings is 1. The highest BCUT2D eigenvalue weighted by Crippen LogP contribution is 2.38. The molecule has 5 rings (SSSR count). The average Bonchev–Trinajstić information content (AvgIpc) is 3.62. The summed E-state index contributed by atoms with van der Waals surface area (Å²) in [6, 6.07) is 5.61. The van der Waals surface area contributed by atoms with Crippen molar-refractivity contribution < 1.29 is 28.1 Å². The molecular formula is C22H24N4O6S2. The number of thioether (sulfide) groups is 1. The summed E-state index contributed by atoms with van der Waals surface area (Å²) in [6.07, 6.45) is 1.88. The first-order valence-electron chi connectivity index (χ1n) is 10.5. The first-order chi connectivity index (χ1) is 16.7. The van der Waals surface area contributed by atoms with Gasteiger partial charge in [0, 0.05) is 31.7 Å². The summed E-state index contributed by atoms with van der Waals surface area (Å²) in [5.41, 5.74) is 5.22. The molecule has 1 atom stereocenters. The molecule has 1 aliphatic heterocycles. The number of fused-ring (bicyclic) bond motifs is 2. The van der Waals surface area contributed by atoms with Crippen LogP contribution in [0.15, 0.2) is 39.3 Å². The number of nitrogens with zero attached hydrogens (tertiary/aromatic N) is 3. The quantitative estimate of drug-likeness (QED) is 0.301. The fourth-order valence-electron chi connectivity index (χ4n) is 3.38. The normalized spacial score (nSPS) is 15.0. The van der Waals surface area contributed by atoms with E-state index in [-0.39, 0.29) is 5.56 Å². The Morgan fingerprint density at radius 2 is 2.03 bits per heavy atom. The van der Waals surface area contributed by atoms with E-state index in [2.05, 4.69) is 15.4 Å². The fourth-order valence-corrected chi connectivity index (χ4v) is 4.91. The molecule has 4 aromatic rings. The van der Waals surface area contributed by atoms with Crippen molar-refractivity contribution in [3.63, 3.8) is 0 Å². The molecule has 10 nitrogen and oxygen atoms in total. The molecule has 1 N–H and O–H groups in total. The minimum Gasteiger partial charge on any atom is -0.496 e. The third-order valence-corrected chi connectivity index (χ3v) is 6.92. The lowest BCUT2D eigenvalue weighted by atomic mass is 10.2. The second-order valence-electron chi connectivity index (χ2n) is 7.31. The van der Waals surface area contributed by atoms with E-state index < -0.39 is 0 Å².